The number of benzene rings is 1. The van der Waals surface area contributed by atoms with Gasteiger partial charge in [-0.3, -0.25) is 4.79 Å². The van der Waals surface area contributed by atoms with Crippen LogP contribution < -0.4 is 0 Å². The second-order valence-corrected chi connectivity index (χ2v) is 5.76. The van der Waals surface area contributed by atoms with Gasteiger partial charge in [-0.25, -0.2) is 0 Å². The van der Waals surface area contributed by atoms with Crippen molar-refractivity contribution in [2.45, 2.75) is 45.1 Å². The number of ether oxygens (including phenoxy) is 1. The standard InChI is InChI=1S/C18H24O2/c1-2-3-7-15-10-11-17(12-15)13-18(19)20-14-16-8-5-4-6-9-16/h2,4-6,8-9,15,17H,1,3,7,10-14H2. The maximum atomic E-state index is 11.9. The molecular formula is C18H24O2. The predicted molar refractivity (Wildman–Crippen MR) is 81.1 cm³/mol. The molecule has 0 saturated heterocycles. The largest absolute Gasteiger partial charge is 0.461 e. The first-order chi connectivity index (χ1) is 9.78. The first-order valence-electron chi connectivity index (χ1n) is 7.58. The van der Waals surface area contributed by atoms with Crippen LogP contribution in [0.1, 0.15) is 44.1 Å². The van der Waals surface area contributed by atoms with Gasteiger partial charge in [0.1, 0.15) is 6.61 Å². The summed E-state index contributed by atoms with van der Waals surface area (Å²) in [5.74, 6) is 1.25. The molecule has 2 rings (SSSR count). The van der Waals surface area contributed by atoms with Crippen LogP contribution >= 0.6 is 0 Å². The van der Waals surface area contributed by atoms with E-state index in [1.54, 1.807) is 0 Å². The van der Waals surface area contributed by atoms with Crippen LogP contribution in [0.25, 0.3) is 0 Å². The van der Waals surface area contributed by atoms with Crippen molar-refractivity contribution in [3.63, 3.8) is 0 Å². The fourth-order valence-electron chi connectivity index (χ4n) is 3.01. The molecule has 1 aliphatic rings. The minimum atomic E-state index is -0.0526. The molecule has 0 spiro atoms. The smallest absolute Gasteiger partial charge is 0.306 e. The molecule has 2 unspecified atom stereocenters. The third-order valence-corrected chi connectivity index (χ3v) is 4.13. The number of hydrogen-bond donors (Lipinski definition) is 0. The Morgan fingerprint density at radius 2 is 2.00 bits per heavy atom. The Bertz CT molecular complexity index is 424. The van der Waals surface area contributed by atoms with Crippen molar-refractivity contribution in [3.8, 4) is 0 Å². The number of allylic oxidation sites excluding steroid dienone is 1. The lowest BCUT2D eigenvalue weighted by Crippen LogP contribution is -2.10. The highest BCUT2D eigenvalue weighted by Crippen LogP contribution is 2.35. The zero-order valence-electron chi connectivity index (χ0n) is 12.1. The highest BCUT2D eigenvalue weighted by molar-refractivity contribution is 5.69. The van der Waals surface area contributed by atoms with E-state index in [9.17, 15) is 4.79 Å². The summed E-state index contributed by atoms with van der Waals surface area (Å²) in [6, 6.07) is 9.85. The molecule has 2 atom stereocenters. The normalized spacial score (nSPS) is 21.6. The average Bonchev–Trinajstić information content (AvgIpc) is 2.91. The quantitative estimate of drug-likeness (QED) is 0.539. The third-order valence-electron chi connectivity index (χ3n) is 4.13. The van der Waals surface area contributed by atoms with Gasteiger partial charge in [0.05, 0.1) is 0 Å². The van der Waals surface area contributed by atoms with E-state index in [1.165, 1.54) is 25.7 Å². The first kappa shape index (κ1) is 14.8. The Kier molecular flexibility index (Phi) is 5.85. The van der Waals surface area contributed by atoms with Crippen LogP contribution in [0.2, 0.25) is 0 Å². The maximum absolute atomic E-state index is 11.9. The molecule has 0 radical (unpaired) electrons. The topological polar surface area (TPSA) is 26.3 Å². The molecule has 1 saturated carbocycles. The van der Waals surface area contributed by atoms with Gasteiger partial charge in [0.15, 0.2) is 0 Å². The molecule has 2 nitrogen and oxygen atoms in total. The lowest BCUT2D eigenvalue weighted by atomic mass is 9.98. The molecule has 0 aliphatic heterocycles. The second-order valence-electron chi connectivity index (χ2n) is 5.76. The Balaban J connectivity index is 1.66. The van der Waals surface area contributed by atoms with Gasteiger partial charge in [-0.2, -0.15) is 0 Å². The summed E-state index contributed by atoms with van der Waals surface area (Å²) in [6.45, 7) is 4.16. The number of esters is 1. The Labute approximate surface area is 121 Å². The molecule has 20 heavy (non-hydrogen) atoms. The molecule has 0 heterocycles. The second kappa shape index (κ2) is 7.88. The average molecular weight is 272 g/mol. The minimum absolute atomic E-state index is 0.0526. The lowest BCUT2D eigenvalue weighted by Gasteiger charge is -2.10. The van der Waals surface area contributed by atoms with Gasteiger partial charge >= 0.3 is 5.97 Å². The van der Waals surface area contributed by atoms with Gasteiger partial charge in [-0.05, 0) is 43.1 Å². The highest BCUT2D eigenvalue weighted by atomic mass is 16.5. The highest BCUT2D eigenvalue weighted by Gasteiger charge is 2.26. The number of rotatable bonds is 7. The molecule has 2 heteroatoms. The number of carbonyl (C=O) groups excluding carboxylic acids is 1. The Morgan fingerprint density at radius 1 is 1.25 bits per heavy atom. The summed E-state index contributed by atoms with van der Waals surface area (Å²) in [5.41, 5.74) is 1.05. The molecule has 1 aromatic carbocycles. The van der Waals surface area contributed by atoms with E-state index in [1.807, 2.05) is 36.4 Å². The van der Waals surface area contributed by atoms with Crippen LogP contribution in [0, 0.1) is 11.8 Å². The van der Waals surface area contributed by atoms with Crippen molar-refractivity contribution in [1.82, 2.24) is 0 Å². The molecule has 0 N–H and O–H groups in total. The zero-order valence-corrected chi connectivity index (χ0v) is 12.1. The van der Waals surface area contributed by atoms with Crippen LogP contribution in [0.4, 0.5) is 0 Å². The van der Waals surface area contributed by atoms with Crippen LogP contribution in [-0.2, 0) is 16.1 Å². The van der Waals surface area contributed by atoms with Gasteiger partial charge in [-0.1, -0.05) is 42.8 Å². The van der Waals surface area contributed by atoms with E-state index in [0.717, 1.165) is 17.9 Å². The molecule has 0 amide bonds. The lowest BCUT2D eigenvalue weighted by molar-refractivity contribution is -0.146. The molecule has 1 fully saturated rings. The van der Waals surface area contributed by atoms with Gasteiger partial charge in [-0.15, -0.1) is 6.58 Å². The van der Waals surface area contributed by atoms with Crippen molar-refractivity contribution >= 4 is 5.97 Å². The number of carbonyl (C=O) groups is 1. The van der Waals surface area contributed by atoms with E-state index in [-0.39, 0.29) is 5.97 Å². The SMILES string of the molecule is C=CCCC1CCC(CC(=O)OCc2ccccc2)C1. The van der Waals surface area contributed by atoms with Crippen LogP contribution in [-0.4, -0.2) is 5.97 Å². The fraction of sp³-hybridized carbons (Fsp3) is 0.500. The monoisotopic (exact) mass is 272 g/mol. The van der Waals surface area contributed by atoms with E-state index in [2.05, 4.69) is 6.58 Å². The Hall–Kier alpha value is -1.57. The molecule has 1 aromatic rings. The van der Waals surface area contributed by atoms with E-state index in [0.29, 0.717) is 18.9 Å². The molecule has 1 aliphatic carbocycles. The Morgan fingerprint density at radius 3 is 2.75 bits per heavy atom. The molecule has 0 aromatic heterocycles. The van der Waals surface area contributed by atoms with Gasteiger partial charge in [0.2, 0.25) is 0 Å². The van der Waals surface area contributed by atoms with Crippen molar-refractivity contribution in [3.05, 3.63) is 48.6 Å². The summed E-state index contributed by atoms with van der Waals surface area (Å²) in [5, 5.41) is 0. The predicted octanol–water partition coefficient (Wildman–Crippen LogP) is 4.50. The van der Waals surface area contributed by atoms with E-state index < -0.39 is 0 Å². The molecule has 0 bridgehead atoms. The zero-order chi connectivity index (χ0) is 14.2. The fourth-order valence-corrected chi connectivity index (χ4v) is 3.01. The number of hydrogen-bond acceptors (Lipinski definition) is 2. The van der Waals surface area contributed by atoms with Gasteiger partial charge in [0.25, 0.3) is 0 Å². The van der Waals surface area contributed by atoms with Gasteiger partial charge < -0.3 is 4.74 Å². The van der Waals surface area contributed by atoms with Crippen LogP contribution in [0.3, 0.4) is 0 Å². The summed E-state index contributed by atoms with van der Waals surface area (Å²) >= 11 is 0. The first-order valence-corrected chi connectivity index (χ1v) is 7.58. The maximum Gasteiger partial charge on any atom is 0.306 e. The third kappa shape index (κ3) is 4.84. The van der Waals surface area contributed by atoms with E-state index >= 15 is 0 Å². The summed E-state index contributed by atoms with van der Waals surface area (Å²) in [6.07, 6.45) is 8.48. The van der Waals surface area contributed by atoms with Crippen molar-refractivity contribution in [1.29, 1.82) is 0 Å². The molecule has 108 valence electrons. The molecular weight excluding hydrogens is 248 g/mol. The summed E-state index contributed by atoms with van der Waals surface area (Å²) in [7, 11) is 0. The summed E-state index contributed by atoms with van der Waals surface area (Å²) < 4.78 is 5.35. The van der Waals surface area contributed by atoms with Crippen molar-refractivity contribution in [2.24, 2.45) is 11.8 Å². The van der Waals surface area contributed by atoms with Crippen LogP contribution in [0.15, 0.2) is 43.0 Å². The van der Waals surface area contributed by atoms with Gasteiger partial charge in [0, 0.05) is 6.42 Å². The minimum Gasteiger partial charge on any atom is -0.461 e. The van der Waals surface area contributed by atoms with Crippen LogP contribution in [0.5, 0.6) is 0 Å². The van der Waals surface area contributed by atoms with Crippen molar-refractivity contribution < 1.29 is 9.53 Å². The summed E-state index contributed by atoms with van der Waals surface area (Å²) in [4.78, 5) is 11.9. The van der Waals surface area contributed by atoms with E-state index in [4.69, 9.17) is 4.74 Å². The van der Waals surface area contributed by atoms with Crippen molar-refractivity contribution in [2.75, 3.05) is 0 Å².